The zero-order valence-corrected chi connectivity index (χ0v) is 11.7. The minimum atomic E-state index is -0.0621. The highest BCUT2D eigenvalue weighted by molar-refractivity contribution is 5.69. The van der Waals surface area contributed by atoms with Gasteiger partial charge in [0.05, 0.1) is 13.7 Å². The predicted octanol–water partition coefficient (Wildman–Crippen LogP) is 3.53. The Morgan fingerprint density at radius 1 is 1.26 bits per heavy atom. The van der Waals surface area contributed by atoms with Gasteiger partial charge in [-0.2, -0.15) is 0 Å². The molecule has 2 atom stereocenters. The molecular weight excluding hydrogens is 240 g/mol. The Morgan fingerprint density at radius 3 is 2.63 bits per heavy atom. The highest BCUT2D eigenvalue weighted by Crippen LogP contribution is 2.41. The van der Waals surface area contributed by atoms with Crippen molar-refractivity contribution in [2.75, 3.05) is 13.7 Å². The molecule has 0 spiro atoms. The molecule has 104 valence electrons. The fourth-order valence-corrected chi connectivity index (χ4v) is 3.01. The second-order valence-electron chi connectivity index (χ2n) is 5.08. The number of methoxy groups -OCH3 is 1. The van der Waals surface area contributed by atoms with Gasteiger partial charge in [0.1, 0.15) is 5.75 Å². The Labute approximate surface area is 114 Å². The lowest BCUT2D eigenvalue weighted by molar-refractivity contribution is -0.144. The summed E-state index contributed by atoms with van der Waals surface area (Å²) in [7, 11) is 1.67. The summed E-state index contributed by atoms with van der Waals surface area (Å²) in [5.74, 6) is 1.72. The van der Waals surface area contributed by atoms with E-state index in [0.29, 0.717) is 24.9 Å². The maximum absolute atomic E-state index is 11.6. The van der Waals surface area contributed by atoms with E-state index in [1.54, 1.807) is 7.11 Å². The molecule has 0 radical (unpaired) electrons. The zero-order chi connectivity index (χ0) is 13.7. The summed E-state index contributed by atoms with van der Waals surface area (Å²) in [6, 6.07) is 8.23. The van der Waals surface area contributed by atoms with Gasteiger partial charge in [0.25, 0.3) is 0 Å². The van der Waals surface area contributed by atoms with Gasteiger partial charge in [-0.25, -0.2) is 0 Å². The van der Waals surface area contributed by atoms with Crippen molar-refractivity contribution < 1.29 is 14.3 Å². The highest BCUT2D eigenvalue weighted by atomic mass is 16.5. The largest absolute Gasteiger partial charge is 0.497 e. The molecule has 1 aromatic carbocycles. The molecule has 1 aromatic rings. The van der Waals surface area contributed by atoms with E-state index in [-0.39, 0.29) is 5.97 Å². The molecule has 0 aliphatic heterocycles. The molecule has 3 heteroatoms. The van der Waals surface area contributed by atoms with Gasteiger partial charge in [-0.15, -0.1) is 0 Å². The van der Waals surface area contributed by atoms with Crippen LogP contribution in [0.25, 0.3) is 0 Å². The summed E-state index contributed by atoms with van der Waals surface area (Å²) in [6.07, 6.45) is 4.03. The van der Waals surface area contributed by atoms with Crippen LogP contribution in [-0.4, -0.2) is 19.7 Å². The summed E-state index contributed by atoms with van der Waals surface area (Å²) in [4.78, 5) is 11.6. The molecule has 0 N–H and O–H groups in total. The molecule has 1 saturated carbocycles. The first-order valence-electron chi connectivity index (χ1n) is 7.04. The Kier molecular flexibility index (Phi) is 4.83. The number of carbonyl (C=O) groups is 1. The van der Waals surface area contributed by atoms with Crippen molar-refractivity contribution in [1.82, 2.24) is 0 Å². The molecule has 0 heterocycles. The first-order chi connectivity index (χ1) is 9.24. The Morgan fingerprint density at radius 2 is 2.00 bits per heavy atom. The van der Waals surface area contributed by atoms with Crippen molar-refractivity contribution in [3.05, 3.63) is 29.8 Å². The van der Waals surface area contributed by atoms with E-state index >= 15 is 0 Å². The topological polar surface area (TPSA) is 35.5 Å². The van der Waals surface area contributed by atoms with Crippen LogP contribution in [0.15, 0.2) is 24.3 Å². The number of hydrogen-bond acceptors (Lipinski definition) is 3. The van der Waals surface area contributed by atoms with Crippen molar-refractivity contribution in [1.29, 1.82) is 0 Å². The minimum Gasteiger partial charge on any atom is -0.497 e. The third-order valence-electron chi connectivity index (χ3n) is 3.94. The van der Waals surface area contributed by atoms with E-state index in [0.717, 1.165) is 18.6 Å². The van der Waals surface area contributed by atoms with Crippen molar-refractivity contribution in [3.8, 4) is 5.75 Å². The molecule has 19 heavy (non-hydrogen) atoms. The van der Waals surface area contributed by atoms with Gasteiger partial charge in [-0.1, -0.05) is 18.6 Å². The molecule has 0 aromatic heterocycles. The summed E-state index contributed by atoms with van der Waals surface area (Å²) in [6.45, 7) is 2.33. The molecule has 1 aliphatic carbocycles. The Bertz CT molecular complexity index is 411. The summed E-state index contributed by atoms with van der Waals surface area (Å²) in [5, 5.41) is 0. The second-order valence-corrected chi connectivity index (χ2v) is 5.08. The second kappa shape index (κ2) is 6.60. The molecule has 0 saturated heterocycles. The van der Waals surface area contributed by atoms with Crippen LogP contribution >= 0.6 is 0 Å². The lowest BCUT2D eigenvalue weighted by Crippen LogP contribution is -2.14. The smallest absolute Gasteiger partial charge is 0.306 e. The predicted molar refractivity (Wildman–Crippen MR) is 74.3 cm³/mol. The monoisotopic (exact) mass is 262 g/mol. The van der Waals surface area contributed by atoms with Crippen LogP contribution in [0.2, 0.25) is 0 Å². The van der Waals surface area contributed by atoms with Crippen LogP contribution in [0.1, 0.15) is 44.1 Å². The van der Waals surface area contributed by atoms with Gasteiger partial charge < -0.3 is 9.47 Å². The van der Waals surface area contributed by atoms with Crippen molar-refractivity contribution in [2.45, 2.75) is 38.5 Å². The summed E-state index contributed by atoms with van der Waals surface area (Å²) >= 11 is 0. The van der Waals surface area contributed by atoms with Crippen molar-refractivity contribution >= 4 is 5.97 Å². The molecule has 2 unspecified atom stereocenters. The van der Waals surface area contributed by atoms with E-state index in [1.165, 1.54) is 12.0 Å². The van der Waals surface area contributed by atoms with Crippen LogP contribution in [0.3, 0.4) is 0 Å². The lowest BCUT2D eigenvalue weighted by Gasteiger charge is -2.19. The van der Waals surface area contributed by atoms with Crippen molar-refractivity contribution in [2.24, 2.45) is 5.92 Å². The zero-order valence-electron chi connectivity index (χ0n) is 11.7. The number of rotatable bonds is 5. The van der Waals surface area contributed by atoms with Crippen LogP contribution in [0.5, 0.6) is 5.75 Å². The Hall–Kier alpha value is -1.51. The quantitative estimate of drug-likeness (QED) is 0.761. The molecule has 2 rings (SSSR count). The SMILES string of the molecule is CCOC(=O)CC1CCCC1c1ccc(OC)cc1. The number of benzene rings is 1. The van der Waals surface area contributed by atoms with Gasteiger partial charge in [-0.05, 0) is 49.3 Å². The average molecular weight is 262 g/mol. The maximum Gasteiger partial charge on any atom is 0.306 e. The number of carbonyl (C=O) groups excluding carboxylic acids is 1. The number of esters is 1. The van der Waals surface area contributed by atoms with Crippen molar-refractivity contribution in [3.63, 3.8) is 0 Å². The van der Waals surface area contributed by atoms with Gasteiger partial charge in [0.15, 0.2) is 0 Å². The fourth-order valence-electron chi connectivity index (χ4n) is 3.01. The van der Waals surface area contributed by atoms with Crippen LogP contribution < -0.4 is 4.74 Å². The summed E-state index contributed by atoms with van der Waals surface area (Å²) < 4.78 is 10.2. The Balaban J connectivity index is 2.02. The molecule has 0 bridgehead atoms. The third kappa shape index (κ3) is 3.49. The van der Waals surface area contributed by atoms with E-state index < -0.39 is 0 Å². The highest BCUT2D eigenvalue weighted by Gasteiger charge is 2.30. The van der Waals surface area contributed by atoms with E-state index in [9.17, 15) is 4.79 Å². The van der Waals surface area contributed by atoms with Crippen LogP contribution in [0, 0.1) is 5.92 Å². The molecule has 3 nitrogen and oxygen atoms in total. The lowest BCUT2D eigenvalue weighted by atomic mass is 9.87. The van der Waals surface area contributed by atoms with Gasteiger partial charge in [0, 0.05) is 6.42 Å². The summed E-state index contributed by atoms with van der Waals surface area (Å²) in [5.41, 5.74) is 1.31. The first kappa shape index (κ1) is 13.9. The normalized spacial score (nSPS) is 22.2. The molecular formula is C16H22O3. The van der Waals surface area contributed by atoms with Gasteiger partial charge >= 0.3 is 5.97 Å². The van der Waals surface area contributed by atoms with Gasteiger partial charge in [0.2, 0.25) is 0 Å². The molecule has 1 aliphatic rings. The average Bonchev–Trinajstić information content (AvgIpc) is 2.87. The fraction of sp³-hybridized carbons (Fsp3) is 0.562. The minimum absolute atomic E-state index is 0.0621. The number of hydrogen-bond donors (Lipinski definition) is 0. The molecule has 0 amide bonds. The maximum atomic E-state index is 11.6. The third-order valence-corrected chi connectivity index (χ3v) is 3.94. The van der Waals surface area contributed by atoms with Crippen LogP contribution in [-0.2, 0) is 9.53 Å². The van der Waals surface area contributed by atoms with Gasteiger partial charge in [-0.3, -0.25) is 4.79 Å². The van der Waals surface area contributed by atoms with E-state index in [2.05, 4.69) is 12.1 Å². The van der Waals surface area contributed by atoms with Crippen LogP contribution in [0.4, 0.5) is 0 Å². The van der Waals surface area contributed by atoms with E-state index in [4.69, 9.17) is 9.47 Å². The number of ether oxygens (including phenoxy) is 2. The standard InChI is InChI=1S/C16H22O3/c1-3-19-16(17)11-13-5-4-6-15(13)12-7-9-14(18-2)10-8-12/h7-10,13,15H,3-6,11H2,1-2H3. The van der Waals surface area contributed by atoms with E-state index in [1.807, 2.05) is 19.1 Å². The first-order valence-corrected chi connectivity index (χ1v) is 7.04. The molecule has 1 fully saturated rings.